The maximum Gasteiger partial charge on any atom is 0.0696 e. The molecular formula is C16H19ClN2O. The van der Waals surface area contributed by atoms with Crippen LogP contribution in [0.5, 0.6) is 0 Å². The van der Waals surface area contributed by atoms with Gasteiger partial charge in [-0.1, -0.05) is 23.7 Å². The highest BCUT2D eigenvalue weighted by atomic mass is 35.5. The zero-order chi connectivity index (χ0) is 14.5. The Labute approximate surface area is 124 Å². The summed E-state index contributed by atoms with van der Waals surface area (Å²) in [6.07, 6.45) is 0. The highest BCUT2D eigenvalue weighted by Gasteiger charge is 2.09. The van der Waals surface area contributed by atoms with Crippen molar-refractivity contribution in [2.24, 2.45) is 0 Å². The lowest BCUT2D eigenvalue weighted by Crippen LogP contribution is -2.22. The topological polar surface area (TPSA) is 36.4 Å². The van der Waals surface area contributed by atoms with Gasteiger partial charge in [-0.15, -0.1) is 0 Å². The van der Waals surface area contributed by atoms with Crippen molar-refractivity contribution in [1.82, 2.24) is 4.98 Å². The molecule has 1 aromatic heterocycles. The van der Waals surface area contributed by atoms with E-state index in [9.17, 15) is 0 Å². The molecule has 1 aromatic carbocycles. The first-order valence-electron chi connectivity index (χ1n) is 6.70. The molecule has 0 radical (unpaired) electrons. The number of benzene rings is 1. The largest absolute Gasteiger partial charge is 0.392 e. The Balaban J connectivity index is 2.22. The lowest BCUT2D eigenvalue weighted by molar-refractivity contribution is 0.282. The van der Waals surface area contributed by atoms with E-state index >= 15 is 0 Å². The monoisotopic (exact) mass is 290 g/mol. The molecule has 1 heterocycles. The van der Waals surface area contributed by atoms with Crippen molar-refractivity contribution >= 4 is 17.3 Å². The molecule has 0 fully saturated rings. The quantitative estimate of drug-likeness (QED) is 0.915. The summed E-state index contributed by atoms with van der Waals surface area (Å²) in [7, 11) is 0. The van der Waals surface area contributed by atoms with Gasteiger partial charge in [0.1, 0.15) is 0 Å². The molecule has 0 aliphatic heterocycles. The second-order valence-electron chi connectivity index (χ2n) is 4.72. The van der Waals surface area contributed by atoms with E-state index < -0.39 is 0 Å². The summed E-state index contributed by atoms with van der Waals surface area (Å²) in [5, 5.41) is 9.76. The van der Waals surface area contributed by atoms with Gasteiger partial charge >= 0.3 is 0 Å². The van der Waals surface area contributed by atoms with Crippen LogP contribution >= 0.6 is 11.6 Å². The van der Waals surface area contributed by atoms with Crippen molar-refractivity contribution in [1.29, 1.82) is 0 Å². The smallest absolute Gasteiger partial charge is 0.0696 e. The standard InChI is InChI=1S/C16H19ClN2O/c1-3-19(10-14-6-4-5-12(2)18-14)15-8-7-13(11-20)16(17)9-15/h4-9,20H,3,10-11H2,1-2H3. The molecule has 3 nitrogen and oxygen atoms in total. The van der Waals surface area contributed by atoms with E-state index in [0.29, 0.717) is 5.02 Å². The Morgan fingerprint density at radius 2 is 2.05 bits per heavy atom. The molecule has 0 bridgehead atoms. The molecule has 0 saturated carbocycles. The summed E-state index contributed by atoms with van der Waals surface area (Å²) in [5.41, 5.74) is 3.85. The van der Waals surface area contributed by atoms with Crippen LogP contribution in [0.1, 0.15) is 23.9 Å². The van der Waals surface area contributed by atoms with Crippen LogP contribution in [0.4, 0.5) is 5.69 Å². The maximum absolute atomic E-state index is 9.16. The number of aryl methyl sites for hydroxylation is 1. The average Bonchev–Trinajstić information content (AvgIpc) is 2.44. The van der Waals surface area contributed by atoms with Gasteiger partial charge in [0.2, 0.25) is 0 Å². The first-order chi connectivity index (χ1) is 9.63. The van der Waals surface area contributed by atoms with Gasteiger partial charge in [0.25, 0.3) is 0 Å². The van der Waals surface area contributed by atoms with Crippen molar-refractivity contribution in [3.63, 3.8) is 0 Å². The van der Waals surface area contributed by atoms with E-state index in [0.717, 1.165) is 35.7 Å². The van der Waals surface area contributed by atoms with Crippen molar-refractivity contribution < 1.29 is 5.11 Å². The minimum atomic E-state index is -0.0370. The maximum atomic E-state index is 9.16. The normalized spacial score (nSPS) is 10.6. The number of halogens is 1. The van der Waals surface area contributed by atoms with Crippen molar-refractivity contribution in [3.8, 4) is 0 Å². The lowest BCUT2D eigenvalue weighted by atomic mass is 10.2. The summed E-state index contributed by atoms with van der Waals surface area (Å²) in [6, 6.07) is 11.8. The van der Waals surface area contributed by atoms with Gasteiger partial charge in [-0.05, 0) is 43.7 Å². The van der Waals surface area contributed by atoms with Gasteiger partial charge < -0.3 is 10.0 Å². The molecule has 0 atom stereocenters. The second kappa shape index (κ2) is 6.73. The average molecular weight is 291 g/mol. The van der Waals surface area contributed by atoms with Crippen molar-refractivity contribution in [2.75, 3.05) is 11.4 Å². The van der Waals surface area contributed by atoms with E-state index in [1.807, 2.05) is 43.3 Å². The summed E-state index contributed by atoms with van der Waals surface area (Å²) < 4.78 is 0. The Morgan fingerprint density at radius 1 is 1.25 bits per heavy atom. The number of anilines is 1. The minimum absolute atomic E-state index is 0.0370. The van der Waals surface area contributed by atoms with Gasteiger partial charge in [-0.3, -0.25) is 4.98 Å². The zero-order valence-corrected chi connectivity index (χ0v) is 12.6. The van der Waals surface area contributed by atoms with E-state index in [1.165, 1.54) is 0 Å². The number of hydrogen-bond acceptors (Lipinski definition) is 3. The Kier molecular flexibility index (Phi) is 4.99. The van der Waals surface area contributed by atoms with E-state index in [1.54, 1.807) is 0 Å². The van der Waals surface area contributed by atoms with Gasteiger partial charge in [0, 0.05) is 22.9 Å². The Hall–Kier alpha value is -1.58. The molecule has 106 valence electrons. The van der Waals surface area contributed by atoms with Crippen LogP contribution in [0.15, 0.2) is 36.4 Å². The molecule has 0 amide bonds. The molecule has 0 aliphatic carbocycles. The van der Waals surface area contributed by atoms with Crippen LogP contribution in [0, 0.1) is 6.92 Å². The molecule has 2 aromatic rings. The number of aromatic nitrogens is 1. The minimum Gasteiger partial charge on any atom is -0.392 e. The van der Waals surface area contributed by atoms with Gasteiger partial charge in [-0.2, -0.15) is 0 Å². The van der Waals surface area contributed by atoms with Crippen LogP contribution in [0.2, 0.25) is 5.02 Å². The molecule has 0 saturated heterocycles. The van der Waals surface area contributed by atoms with Crippen LogP contribution in [0.25, 0.3) is 0 Å². The Morgan fingerprint density at radius 3 is 2.65 bits per heavy atom. The molecule has 20 heavy (non-hydrogen) atoms. The molecular weight excluding hydrogens is 272 g/mol. The molecule has 1 N–H and O–H groups in total. The number of rotatable bonds is 5. The summed E-state index contributed by atoms with van der Waals surface area (Å²) in [5.74, 6) is 0. The van der Waals surface area contributed by atoms with Gasteiger partial charge in [0.15, 0.2) is 0 Å². The Bertz CT molecular complexity index is 586. The predicted octanol–water partition coefficient (Wildman–Crippen LogP) is 3.56. The number of aliphatic hydroxyl groups excluding tert-OH is 1. The third kappa shape index (κ3) is 3.50. The third-order valence-electron chi connectivity index (χ3n) is 3.25. The van der Waals surface area contributed by atoms with Crippen LogP contribution in [0.3, 0.4) is 0 Å². The lowest BCUT2D eigenvalue weighted by Gasteiger charge is -2.23. The highest BCUT2D eigenvalue weighted by Crippen LogP contribution is 2.24. The van der Waals surface area contributed by atoms with E-state index in [2.05, 4.69) is 16.8 Å². The third-order valence-corrected chi connectivity index (χ3v) is 3.60. The summed E-state index contributed by atoms with van der Waals surface area (Å²) in [4.78, 5) is 6.73. The number of aliphatic hydroxyl groups is 1. The first-order valence-corrected chi connectivity index (χ1v) is 7.08. The second-order valence-corrected chi connectivity index (χ2v) is 5.13. The number of hydrogen-bond donors (Lipinski definition) is 1. The van der Waals surface area contributed by atoms with Crippen LogP contribution in [-0.2, 0) is 13.2 Å². The fraction of sp³-hybridized carbons (Fsp3) is 0.312. The fourth-order valence-electron chi connectivity index (χ4n) is 2.13. The molecule has 0 spiro atoms. The van der Waals surface area contributed by atoms with Crippen LogP contribution in [-0.4, -0.2) is 16.6 Å². The predicted molar refractivity (Wildman–Crippen MR) is 83.1 cm³/mol. The van der Waals surface area contributed by atoms with E-state index in [4.69, 9.17) is 16.7 Å². The van der Waals surface area contributed by atoms with Crippen molar-refractivity contribution in [2.45, 2.75) is 27.0 Å². The van der Waals surface area contributed by atoms with Gasteiger partial charge in [0.05, 0.1) is 18.8 Å². The highest BCUT2D eigenvalue weighted by molar-refractivity contribution is 6.31. The number of nitrogens with zero attached hydrogens (tertiary/aromatic N) is 2. The molecule has 4 heteroatoms. The summed E-state index contributed by atoms with van der Waals surface area (Å²) in [6.45, 7) is 5.67. The van der Waals surface area contributed by atoms with Crippen LogP contribution < -0.4 is 4.90 Å². The molecule has 2 rings (SSSR count). The summed E-state index contributed by atoms with van der Waals surface area (Å²) >= 11 is 6.16. The first kappa shape index (κ1) is 14.8. The zero-order valence-electron chi connectivity index (χ0n) is 11.8. The molecule has 0 unspecified atom stereocenters. The fourth-order valence-corrected chi connectivity index (χ4v) is 2.36. The SMILES string of the molecule is CCN(Cc1cccc(C)n1)c1ccc(CO)c(Cl)c1. The molecule has 0 aliphatic rings. The van der Waals surface area contributed by atoms with Gasteiger partial charge in [-0.25, -0.2) is 0 Å². The number of pyridine rings is 1. The van der Waals surface area contributed by atoms with E-state index in [-0.39, 0.29) is 6.61 Å². The van der Waals surface area contributed by atoms with Crippen molar-refractivity contribution in [3.05, 3.63) is 58.4 Å².